The number of aryl methyl sites for hydroxylation is 1. The van der Waals surface area contributed by atoms with E-state index in [0.29, 0.717) is 33.4 Å². The predicted molar refractivity (Wildman–Crippen MR) is 101 cm³/mol. The van der Waals surface area contributed by atoms with Crippen LogP contribution in [0.4, 0.5) is 13.2 Å². The highest BCUT2D eigenvalue weighted by Crippen LogP contribution is 2.34. The minimum atomic E-state index is -4.43. The second kappa shape index (κ2) is 6.73. The smallest absolute Gasteiger partial charge is 0.416 e. The Labute approximate surface area is 163 Å². The number of nitrogens with zero attached hydrogens (tertiary/aromatic N) is 3. The Bertz CT molecular complexity index is 1230. The van der Waals surface area contributed by atoms with Crippen LogP contribution in [-0.2, 0) is 13.2 Å². The molecule has 2 heterocycles. The van der Waals surface area contributed by atoms with Gasteiger partial charge in [-0.05, 0) is 30.3 Å². The topological polar surface area (TPSA) is 68.0 Å². The van der Waals surface area contributed by atoms with Crippen molar-refractivity contribution >= 4 is 16.9 Å². The maximum absolute atomic E-state index is 12.9. The van der Waals surface area contributed by atoms with Gasteiger partial charge in [-0.25, -0.2) is 14.8 Å². The van der Waals surface area contributed by atoms with Gasteiger partial charge in [-0.15, -0.1) is 0 Å². The number of halogens is 3. The highest BCUT2D eigenvalue weighted by molar-refractivity contribution is 5.99. The van der Waals surface area contributed by atoms with Crippen molar-refractivity contribution in [3.05, 3.63) is 72.2 Å². The van der Waals surface area contributed by atoms with Gasteiger partial charge in [0, 0.05) is 29.8 Å². The summed E-state index contributed by atoms with van der Waals surface area (Å²) >= 11 is 0. The Hall–Kier alpha value is -3.68. The summed E-state index contributed by atoms with van der Waals surface area (Å²) in [7, 11) is 1.82. The second-order valence-corrected chi connectivity index (χ2v) is 6.59. The first-order chi connectivity index (χ1) is 13.7. The zero-order chi connectivity index (χ0) is 20.8. The number of aromatic nitrogens is 3. The lowest BCUT2D eigenvalue weighted by molar-refractivity contribution is -0.137. The fraction of sp³-hybridized carbons (Fsp3) is 0.0952. The van der Waals surface area contributed by atoms with Crippen LogP contribution < -0.4 is 0 Å². The molecular formula is C21H14F3N3O2. The molecule has 0 aliphatic heterocycles. The van der Waals surface area contributed by atoms with Crippen molar-refractivity contribution in [2.75, 3.05) is 0 Å². The molecule has 5 nitrogen and oxygen atoms in total. The van der Waals surface area contributed by atoms with Crippen LogP contribution >= 0.6 is 0 Å². The average Bonchev–Trinajstić information content (AvgIpc) is 3.12. The van der Waals surface area contributed by atoms with E-state index in [1.165, 1.54) is 24.3 Å². The van der Waals surface area contributed by atoms with Crippen LogP contribution in [0.25, 0.3) is 33.4 Å². The van der Waals surface area contributed by atoms with Gasteiger partial charge in [-0.3, -0.25) is 0 Å². The number of carboxylic acids is 1. The molecule has 0 radical (unpaired) electrons. The lowest BCUT2D eigenvalue weighted by Crippen LogP contribution is -2.04. The molecule has 0 saturated heterocycles. The van der Waals surface area contributed by atoms with Gasteiger partial charge in [0.05, 0.1) is 34.4 Å². The summed E-state index contributed by atoms with van der Waals surface area (Å²) < 4.78 is 40.3. The molecule has 0 amide bonds. The number of alkyl halides is 3. The number of rotatable bonds is 3. The summed E-state index contributed by atoms with van der Waals surface area (Å²) in [5, 5.41) is 9.98. The molecule has 0 unspecified atom stereocenters. The Morgan fingerprint density at radius 1 is 1.03 bits per heavy atom. The van der Waals surface area contributed by atoms with Crippen LogP contribution in [0.5, 0.6) is 0 Å². The molecule has 4 rings (SSSR count). The van der Waals surface area contributed by atoms with Gasteiger partial charge in [0.25, 0.3) is 0 Å². The molecule has 29 heavy (non-hydrogen) atoms. The van der Waals surface area contributed by atoms with Crippen molar-refractivity contribution in [1.82, 2.24) is 14.5 Å². The molecule has 0 saturated carbocycles. The van der Waals surface area contributed by atoms with E-state index in [-0.39, 0.29) is 5.56 Å². The first-order valence-corrected chi connectivity index (χ1v) is 8.56. The van der Waals surface area contributed by atoms with Crippen LogP contribution in [0.1, 0.15) is 15.9 Å². The molecule has 2 aromatic carbocycles. The Morgan fingerprint density at radius 3 is 2.34 bits per heavy atom. The molecule has 4 aromatic rings. The van der Waals surface area contributed by atoms with Gasteiger partial charge in [0.15, 0.2) is 0 Å². The molecule has 0 atom stereocenters. The first kappa shape index (κ1) is 18.7. The first-order valence-electron chi connectivity index (χ1n) is 8.56. The molecule has 8 heteroatoms. The van der Waals surface area contributed by atoms with Gasteiger partial charge in [0.2, 0.25) is 0 Å². The van der Waals surface area contributed by atoms with E-state index in [0.717, 1.165) is 12.1 Å². The van der Waals surface area contributed by atoms with Crippen molar-refractivity contribution in [3.63, 3.8) is 0 Å². The van der Waals surface area contributed by atoms with Crippen molar-refractivity contribution in [2.24, 2.45) is 7.05 Å². The number of imidazole rings is 1. The minimum Gasteiger partial charge on any atom is -0.478 e. The van der Waals surface area contributed by atoms with Crippen LogP contribution in [-0.4, -0.2) is 25.6 Å². The largest absolute Gasteiger partial charge is 0.478 e. The minimum absolute atomic E-state index is 0.0709. The van der Waals surface area contributed by atoms with Gasteiger partial charge >= 0.3 is 12.1 Å². The highest BCUT2D eigenvalue weighted by atomic mass is 19.4. The third-order valence-electron chi connectivity index (χ3n) is 4.55. The van der Waals surface area contributed by atoms with Crippen LogP contribution in [0.15, 0.2) is 61.1 Å². The third kappa shape index (κ3) is 3.56. The molecule has 146 valence electrons. The molecule has 1 N–H and O–H groups in total. The molecule has 2 aromatic heterocycles. The zero-order valence-corrected chi connectivity index (χ0v) is 15.1. The van der Waals surface area contributed by atoms with E-state index in [4.69, 9.17) is 0 Å². The normalized spacial score (nSPS) is 11.7. The molecular weight excluding hydrogens is 383 g/mol. The summed E-state index contributed by atoms with van der Waals surface area (Å²) in [6.45, 7) is 0. The number of benzene rings is 2. The number of hydrogen-bond acceptors (Lipinski definition) is 3. The summed E-state index contributed by atoms with van der Waals surface area (Å²) in [6.07, 6.45) is -0.994. The standard InChI is InChI=1S/C21H14F3N3O2/c1-27-10-19(25-11-27)16-9-17(12-2-5-14(6-3-12)21(22,23)24)26-18-8-13(20(28)29)4-7-15(16)18/h2-11H,1H3,(H,28,29). The maximum atomic E-state index is 12.9. The fourth-order valence-electron chi connectivity index (χ4n) is 3.10. The number of pyridine rings is 1. The van der Waals surface area contributed by atoms with Gasteiger partial charge in [-0.1, -0.05) is 18.2 Å². The van der Waals surface area contributed by atoms with Crippen LogP contribution in [0, 0.1) is 0 Å². The van der Waals surface area contributed by atoms with E-state index < -0.39 is 17.7 Å². The summed E-state index contributed by atoms with van der Waals surface area (Å²) in [6, 6.07) is 11.0. The number of aromatic carboxylic acids is 1. The SMILES string of the molecule is Cn1cnc(-c2cc(-c3ccc(C(F)(F)F)cc3)nc3cc(C(=O)O)ccc23)c1. The maximum Gasteiger partial charge on any atom is 0.416 e. The number of carbonyl (C=O) groups is 1. The van der Waals surface area contributed by atoms with Crippen molar-refractivity contribution in [2.45, 2.75) is 6.18 Å². The summed E-state index contributed by atoms with van der Waals surface area (Å²) in [5.74, 6) is -1.09. The van der Waals surface area contributed by atoms with Gasteiger partial charge < -0.3 is 9.67 Å². The number of fused-ring (bicyclic) bond motifs is 1. The average molecular weight is 397 g/mol. The van der Waals surface area contributed by atoms with Gasteiger partial charge in [-0.2, -0.15) is 13.2 Å². The Morgan fingerprint density at radius 2 is 1.76 bits per heavy atom. The molecule has 0 fully saturated rings. The van der Waals surface area contributed by atoms with E-state index in [2.05, 4.69) is 9.97 Å². The number of hydrogen-bond donors (Lipinski definition) is 1. The van der Waals surface area contributed by atoms with Crippen molar-refractivity contribution in [1.29, 1.82) is 0 Å². The monoisotopic (exact) mass is 397 g/mol. The lowest BCUT2D eigenvalue weighted by atomic mass is 10.0. The van der Waals surface area contributed by atoms with Crippen LogP contribution in [0.3, 0.4) is 0 Å². The molecule has 0 aliphatic rings. The molecule has 0 spiro atoms. The Kier molecular flexibility index (Phi) is 4.34. The zero-order valence-electron chi connectivity index (χ0n) is 15.1. The quantitative estimate of drug-likeness (QED) is 0.527. The number of carboxylic acid groups (broad SMARTS) is 1. The predicted octanol–water partition coefficient (Wildman–Crippen LogP) is 5.02. The molecule has 0 aliphatic carbocycles. The summed E-state index contributed by atoms with van der Waals surface area (Å²) in [4.78, 5) is 20.2. The van der Waals surface area contributed by atoms with E-state index in [1.807, 2.05) is 7.05 Å². The van der Waals surface area contributed by atoms with E-state index >= 15 is 0 Å². The van der Waals surface area contributed by atoms with Crippen molar-refractivity contribution < 1.29 is 23.1 Å². The van der Waals surface area contributed by atoms with E-state index in [9.17, 15) is 23.1 Å². The summed E-state index contributed by atoms with van der Waals surface area (Å²) in [5.41, 5.74) is 2.01. The fourth-order valence-corrected chi connectivity index (χ4v) is 3.10. The Balaban J connectivity index is 1.93. The molecule has 0 bridgehead atoms. The second-order valence-electron chi connectivity index (χ2n) is 6.59. The third-order valence-corrected chi connectivity index (χ3v) is 4.55. The van der Waals surface area contributed by atoms with Crippen LogP contribution in [0.2, 0.25) is 0 Å². The highest BCUT2D eigenvalue weighted by Gasteiger charge is 2.30. The van der Waals surface area contributed by atoms with Crippen molar-refractivity contribution in [3.8, 4) is 22.5 Å². The van der Waals surface area contributed by atoms with Gasteiger partial charge in [0.1, 0.15) is 0 Å². The lowest BCUT2D eigenvalue weighted by Gasteiger charge is -2.11. The van der Waals surface area contributed by atoms with E-state index in [1.54, 1.807) is 29.2 Å².